The molecule has 0 amide bonds. The molecule has 0 aliphatic carbocycles. The van der Waals surface area contributed by atoms with E-state index in [1.807, 2.05) is 0 Å². The predicted molar refractivity (Wildman–Crippen MR) is 61.7 cm³/mol. The van der Waals surface area contributed by atoms with Crippen molar-refractivity contribution in [1.82, 2.24) is 19.5 Å². The molecule has 2 heterocycles. The van der Waals surface area contributed by atoms with Crippen molar-refractivity contribution in [3.05, 3.63) is 12.7 Å². The molecule has 3 N–H and O–H groups in total. The number of aliphatic hydroxyl groups excluding tert-OH is 1. The van der Waals surface area contributed by atoms with Crippen LogP contribution in [0.1, 0.15) is 0 Å². The van der Waals surface area contributed by atoms with E-state index in [0.717, 1.165) is 6.33 Å². The molecule has 22 heavy (non-hydrogen) atoms. The van der Waals surface area contributed by atoms with Gasteiger partial charge >= 0.3 is 17.8 Å². The van der Waals surface area contributed by atoms with Crippen LogP contribution in [0.3, 0.4) is 0 Å². The summed E-state index contributed by atoms with van der Waals surface area (Å²) in [7, 11) is 0. The zero-order valence-corrected chi connectivity index (χ0v) is 10.7. The molecule has 2 aromatic rings. The van der Waals surface area contributed by atoms with Gasteiger partial charge in [0.15, 0.2) is 11.5 Å². The van der Waals surface area contributed by atoms with Crippen LogP contribution in [0.15, 0.2) is 12.7 Å². The van der Waals surface area contributed by atoms with Crippen LogP contribution in [0, 0.1) is 0 Å². The van der Waals surface area contributed by atoms with E-state index in [1.54, 1.807) is 0 Å². The molecule has 0 aromatic carbocycles. The number of imidazole rings is 1. The number of nitrogens with two attached hydrogens (primary N) is 1. The first-order chi connectivity index (χ1) is 10.0. The van der Waals surface area contributed by atoms with Crippen molar-refractivity contribution in [1.29, 1.82) is 0 Å². The molecule has 2 rings (SSSR count). The van der Waals surface area contributed by atoms with Gasteiger partial charge in [0.05, 0.1) is 12.9 Å². The van der Waals surface area contributed by atoms with Crippen molar-refractivity contribution in [2.75, 3.05) is 12.3 Å². The summed E-state index contributed by atoms with van der Waals surface area (Å²) in [4.78, 5) is 10.6. The van der Waals surface area contributed by atoms with E-state index in [9.17, 15) is 26.3 Å². The number of aromatic nitrogens is 4. The van der Waals surface area contributed by atoms with Crippen molar-refractivity contribution < 1.29 is 31.4 Å². The average Bonchev–Trinajstić information content (AvgIpc) is 2.82. The number of rotatable bonds is 5. The molecule has 6 nitrogen and oxygen atoms in total. The van der Waals surface area contributed by atoms with Crippen molar-refractivity contribution in [3.8, 4) is 0 Å². The van der Waals surface area contributed by atoms with Crippen LogP contribution in [-0.4, -0.2) is 49.0 Å². The molecular formula is C10H9F6N5O. The number of anilines is 1. The summed E-state index contributed by atoms with van der Waals surface area (Å²) in [6.07, 6.45) is 1.59. The van der Waals surface area contributed by atoms with Crippen LogP contribution in [0.5, 0.6) is 0 Å². The van der Waals surface area contributed by atoms with Gasteiger partial charge in [0.1, 0.15) is 18.5 Å². The summed E-state index contributed by atoms with van der Waals surface area (Å²) in [5.74, 6) is -16.4. The lowest BCUT2D eigenvalue weighted by Gasteiger charge is -2.31. The fourth-order valence-electron chi connectivity index (χ4n) is 1.69. The van der Waals surface area contributed by atoms with E-state index in [1.165, 1.54) is 0 Å². The number of alkyl halides is 6. The molecule has 122 valence electrons. The third-order valence-electron chi connectivity index (χ3n) is 2.92. The maximum atomic E-state index is 13.6. The minimum atomic E-state index is -5.77. The molecule has 0 fully saturated rings. The quantitative estimate of drug-likeness (QED) is 0.807. The largest absolute Gasteiger partial charge is 0.390 e. The van der Waals surface area contributed by atoms with Gasteiger partial charge in [0.2, 0.25) is 0 Å². The minimum absolute atomic E-state index is 0.129. The smallest absolute Gasteiger partial charge is 0.376 e. The van der Waals surface area contributed by atoms with Gasteiger partial charge in [-0.15, -0.1) is 0 Å². The monoisotopic (exact) mass is 329 g/mol. The molecular weight excluding hydrogens is 320 g/mol. The summed E-state index contributed by atoms with van der Waals surface area (Å²) in [5, 5.41) is 8.21. The summed E-state index contributed by atoms with van der Waals surface area (Å²) < 4.78 is 80.0. The average molecular weight is 329 g/mol. The van der Waals surface area contributed by atoms with E-state index in [4.69, 9.17) is 10.8 Å². The second-order valence-corrected chi connectivity index (χ2v) is 4.44. The van der Waals surface area contributed by atoms with E-state index < -0.39 is 30.9 Å². The lowest BCUT2D eigenvalue weighted by Crippen LogP contribution is -2.57. The first kappa shape index (κ1) is 16.3. The molecule has 0 bridgehead atoms. The van der Waals surface area contributed by atoms with E-state index in [0.29, 0.717) is 10.9 Å². The highest BCUT2D eigenvalue weighted by Crippen LogP contribution is 2.46. The van der Waals surface area contributed by atoms with Crippen molar-refractivity contribution >= 4 is 17.0 Å². The molecule has 0 saturated carbocycles. The standard InChI is InChI=1S/C10H9F6N5O/c11-8(12,10(15,16)9(13,14)2-22)1-21-4-20-5-6(17)18-3-19-7(5)21/h3-4,22H,1-2H2,(H2,17,18,19). The van der Waals surface area contributed by atoms with E-state index in [-0.39, 0.29) is 17.0 Å². The van der Waals surface area contributed by atoms with Gasteiger partial charge in [-0.3, -0.25) is 0 Å². The Kier molecular flexibility index (Phi) is 3.67. The minimum Gasteiger partial charge on any atom is -0.390 e. The Labute approximate surface area is 118 Å². The maximum absolute atomic E-state index is 13.6. The topological polar surface area (TPSA) is 89.9 Å². The Hall–Kier alpha value is -2.11. The first-order valence-corrected chi connectivity index (χ1v) is 5.69. The Morgan fingerprint density at radius 3 is 2.27 bits per heavy atom. The number of hydrogen-bond acceptors (Lipinski definition) is 5. The van der Waals surface area contributed by atoms with E-state index >= 15 is 0 Å². The molecule has 0 spiro atoms. The lowest BCUT2D eigenvalue weighted by atomic mass is 10.1. The predicted octanol–water partition coefficient (Wildman–Crippen LogP) is 1.31. The zero-order valence-electron chi connectivity index (χ0n) is 10.7. The summed E-state index contributed by atoms with van der Waals surface area (Å²) in [6, 6.07) is 0. The molecule has 0 aliphatic rings. The van der Waals surface area contributed by atoms with Crippen LogP contribution in [0.2, 0.25) is 0 Å². The van der Waals surface area contributed by atoms with Gasteiger partial charge in [0, 0.05) is 0 Å². The third-order valence-corrected chi connectivity index (χ3v) is 2.92. The summed E-state index contributed by atoms with van der Waals surface area (Å²) in [5.41, 5.74) is 4.96. The van der Waals surface area contributed by atoms with Gasteiger partial charge in [0.25, 0.3) is 0 Å². The van der Waals surface area contributed by atoms with Gasteiger partial charge in [-0.1, -0.05) is 0 Å². The summed E-state index contributed by atoms with van der Waals surface area (Å²) >= 11 is 0. The Bertz CT molecular complexity index is 687. The van der Waals surface area contributed by atoms with E-state index in [2.05, 4.69) is 15.0 Å². The van der Waals surface area contributed by atoms with Crippen LogP contribution in [0.4, 0.5) is 32.2 Å². The fraction of sp³-hybridized carbons (Fsp3) is 0.500. The Morgan fingerprint density at radius 1 is 1.05 bits per heavy atom. The second-order valence-electron chi connectivity index (χ2n) is 4.44. The fourth-order valence-corrected chi connectivity index (χ4v) is 1.69. The number of fused-ring (bicyclic) bond motifs is 1. The maximum Gasteiger partial charge on any atom is 0.376 e. The molecule has 0 radical (unpaired) electrons. The molecule has 0 atom stereocenters. The highest BCUT2D eigenvalue weighted by molar-refractivity contribution is 5.81. The lowest BCUT2D eigenvalue weighted by molar-refractivity contribution is -0.319. The van der Waals surface area contributed by atoms with Crippen molar-refractivity contribution in [2.24, 2.45) is 0 Å². The second kappa shape index (κ2) is 4.97. The summed E-state index contributed by atoms with van der Waals surface area (Å²) in [6.45, 7) is -4.25. The Balaban J connectivity index is 2.41. The van der Waals surface area contributed by atoms with Gasteiger partial charge < -0.3 is 15.4 Å². The van der Waals surface area contributed by atoms with Crippen LogP contribution in [0.25, 0.3) is 11.2 Å². The Morgan fingerprint density at radius 2 is 1.68 bits per heavy atom. The van der Waals surface area contributed by atoms with Crippen LogP contribution < -0.4 is 5.73 Å². The number of aliphatic hydroxyl groups is 1. The third kappa shape index (κ3) is 2.32. The number of nitrogens with zero attached hydrogens (tertiary/aromatic N) is 4. The zero-order chi connectivity index (χ0) is 16.8. The molecule has 0 saturated heterocycles. The molecule has 2 aromatic heterocycles. The number of halogens is 6. The number of hydrogen-bond donors (Lipinski definition) is 2. The van der Waals surface area contributed by atoms with Crippen molar-refractivity contribution in [3.63, 3.8) is 0 Å². The van der Waals surface area contributed by atoms with Gasteiger partial charge in [-0.25, -0.2) is 15.0 Å². The highest BCUT2D eigenvalue weighted by Gasteiger charge is 2.71. The highest BCUT2D eigenvalue weighted by atomic mass is 19.3. The van der Waals surface area contributed by atoms with Crippen LogP contribution >= 0.6 is 0 Å². The van der Waals surface area contributed by atoms with Crippen molar-refractivity contribution in [2.45, 2.75) is 24.3 Å². The van der Waals surface area contributed by atoms with Gasteiger partial charge in [-0.2, -0.15) is 26.3 Å². The van der Waals surface area contributed by atoms with Gasteiger partial charge in [-0.05, 0) is 0 Å². The molecule has 0 unspecified atom stereocenters. The SMILES string of the molecule is Nc1ncnc2c1ncn2CC(F)(F)C(F)(F)C(F)(F)CO. The van der Waals surface area contributed by atoms with Crippen LogP contribution in [-0.2, 0) is 6.54 Å². The first-order valence-electron chi connectivity index (χ1n) is 5.69. The number of nitrogen functional groups attached to an aromatic ring is 1. The normalized spacial score (nSPS) is 13.8. The molecule has 12 heteroatoms. The molecule has 0 aliphatic heterocycles.